The van der Waals surface area contributed by atoms with Gasteiger partial charge in [0.1, 0.15) is 0 Å². The molecular formula is C19H23ClN4O5. The topological polar surface area (TPSA) is 112 Å². The van der Waals surface area contributed by atoms with E-state index in [1.54, 1.807) is 12.1 Å². The maximum absolute atomic E-state index is 12.6. The normalized spacial score (nSPS) is 15.7. The first-order valence-corrected chi connectivity index (χ1v) is 9.47. The van der Waals surface area contributed by atoms with Crippen LogP contribution in [0.5, 0.6) is 0 Å². The smallest absolute Gasteiger partial charge is 0.338 e. The van der Waals surface area contributed by atoms with E-state index in [4.69, 9.17) is 25.8 Å². The molecule has 1 fully saturated rings. The Bertz CT molecular complexity index is 930. The van der Waals surface area contributed by atoms with Gasteiger partial charge in [0.05, 0.1) is 35.7 Å². The van der Waals surface area contributed by atoms with Crippen LogP contribution in [0, 0.1) is 5.41 Å². The van der Waals surface area contributed by atoms with Crippen LogP contribution in [0.25, 0.3) is 11.0 Å². The lowest BCUT2D eigenvalue weighted by molar-refractivity contribution is -0.134. The number of hydrazine groups is 1. The average molecular weight is 423 g/mol. The Balaban J connectivity index is 1.86. The van der Waals surface area contributed by atoms with Crippen LogP contribution in [0.2, 0.25) is 5.15 Å². The van der Waals surface area contributed by atoms with Crippen LogP contribution in [-0.2, 0) is 25.6 Å². The Hall–Kier alpha value is -2.49. The van der Waals surface area contributed by atoms with Crippen molar-refractivity contribution in [3.63, 3.8) is 0 Å². The van der Waals surface area contributed by atoms with Gasteiger partial charge in [-0.25, -0.2) is 14.8 Å². The molecule has 156 valence electrons. The summed E-state index contributed by atoms with van der Waals surface area (Å²) in [6.07, 6.45) is 1.27. The Labute approximate surface area is 173 Å². The number of nitrogens with one attached hydrogen (secondary N) is 2. The number of ether oxygens (including phenoxy) is 3. The monoisotopic (exact) mass is 422 g/mol. The van der Waals surface area contributed by atoms with Crippen molar-refractivity contribution in [3.8, 4) is 0 Å². The Kier molecular flexibility index (Phi) is 6.51. The van der Waals surface area contributed by atoms with Gasteiger partial charge in [-0.1, -0.05) is 18.5 Å². The zero-order chi connectivity index (χ0) is 21.0. The zero-order valence-electron chi connectivity index (χ0n) is 16.5. The number of methoxy groups -OCH3 is 2. The minimum Gasteiger partial charge on any atom is -0.465 e. The second kappa shape index (κ2) is 8.89. The first-order valence-electron chi connectivity index (χ1n) is 9.09. The fourth-order valence-electron chi connectivity index (χ4n) is 3.09. The van der Waals surface area contributed by atoms with Gasteiger partial charge in [-0.15, -0.1) is 0 Å². The molecule has 1 amide bonds. The van der Waals surface area contributed by atoms with E-state index >= 15 is 0 Å². The summed E-state index contributed by atoms with van der Waals surface area (Å²) in [6, 6.07) is 3.24. The zero-order valence-corrected chi connectivity index (χ0v) is 17.3. The molecule has 0 radical (unpaired) electrons. The number of halogens is 1. The predicted molar refractivity (Wildman–Crippen MR) is 107 cm³/mol. The first kappa shape index (κ1) is 21.2. The molecule has 0 bridgehead atoms. The van der Waals surface area contributed by atoms with Crippen molar-refractivity contribution in [1.82, 2.24) is 15.4 Å². The summed E-state index contributed by atoms with van der Waals surface area (Å²) in [6.45, 7) is 3.19. The molecule has 0 atom stereocenters. The van der Waals surface area contributed by atoms with Gasteiger partial charge in [0, 0.05) is 20.3 Å². The highest BCUT2D eigenvalue weighted by Gasteiger charge is 2.35. The van der Waals surface area contributed by atoms with E-state index in [1.165, 1.54) is 14.2 Å². The molecule has 1 aromatic carbocycles. The van der Waals surface area contributed by atoms with Gasteiger partial charge >= 0.3 is 5.97 Å². The standard InChI is InChI=1S/C19H23ClN4O5/c1-19(4-6-29-7-5-19)18(26)24-23-16-15(20)21-14-9-12(17(25)28-3)11(10-27-2)8-13(14)22-16/h8-9H,4-7,10H2,1-3H3,(H,22,23)(H,24,26). The van der Waals surface area contributed by atoms with Crippen molar-refractivity contribution in [3.05, 3.63) is 28.4 Å². The van der Waals surface area contributed by atoms with Crippen LogP contribution in [-0.4, -0.2) is 49.3 Å². The third-order valence-corrected chi connectivity index (χ3v) is 5.25. The summed E-state index contributed by atoms with van der Waals surface area (Å²) in [5.41, 5.74) is 6.74. The third-order valence-electron chi connectivity index (χ3n) is 4.99. The number of rotatable bonds is 6. The molecule has 0 saturated carbocycles. The van der Waals surface area contributed by atoms with E-state index in [9.17, 15) is 9.59 Å². The number of carbonyl (C=O) groups is 2. The Morgan fingerprint density at radius 3 is 2.55 bits per heavy atom. The summed E-state index contributed by atoms with van der Waals surface area (Å²) in [5, 5.41) is 0.0604. The number of anilines is 1. The van der Waals surface area contributed by atoms with Gasteiger partial charge in [-0.2, -0.15) is 0 Å². The maximum atomic E-state index is 12.6. The molecule has 2 N–H and O–H groups in total. The summed E-state index contributed by atoms with van der Waals surface area (Å²) >= 11 is 6.23. The number of amides is 1. The molecule has 1 saturated heterocycles. The summed E-state index contributed by atoms with van der Waals surface area (Å²) in [5.74, 6) is -0.465. The average Bonchev–Trinajstić information content (AvgIpc) is 2.72. The van der Waals surface area contributed by atoms with Crippen molar-refractivity contribution < 1.29 is 23.8 Å². The number of esters is 1. The fourth-order valence-corrected chi connectivity index (χ4v) is 3.28. The molecule has 0 unspecified atom stereocenters. The molecule has 1 aromatic heterocycles. The number of carbonyl (C=O) groups excluding carboxylic acids is 2. The highest BCUT2D eigenvalue weighted by Crippen LogP contribution is 2.30. The van der Waals surface area contributed by atoms with E-state index in [0.29, 0.717) is 48.2 Å². The molecule has 1 aliphatic rings. The van der Waals surface area contributed by atoms with Gasteiger partial charge in [-0.3, -0.25) is 15.6 Å². The van der Waals surface area contributed by atoms with Crippen molar-refractivity contribution in [1.29, 1.82) is 0 Å². The quantitative estimate of drug-likeness (QED) is 0.539. The summed E-state index contributed by atoms with van der Waals surface area (Å²) in [4.78, 5) is 33.3. The lowest BCUT2D eigenvalue weighted by Gasteiger charge is -2.31. The van der Waals surface area contributed by atoms with Crippen molar-refractivity contribution in [2.45, 2.75) is 26.4 Å². The molecule has 3 rings (SSSR count). The molecule has 29 heavy (non-hydrogen) atoms. The molecule has 2 aromatic rings. The lowest BCUT2D eigenvalue weighted by Crippen LogP contribution is -2.45. The summed E-state index contributed by atoms with van der Waals surface area (Å²) < 4.78 is 15.3. The molecular weight excluding hydrogens is 400 g/mol. The van der Waals surface area contributed by atoms with E-state index < -0.39 is 11.4 Å². The predicted octanol–water partition coefficient (Wildman–Crippen LogP) is 2.48. The molecule has 2 heterocycles. The molecule has 0 aliphatic carbocycles. The Morgan fingerprint density at radius 2 is 1.90 bits per heavy atom. The minimum absolute atomic E-state index is 0.0604. The molecule has 0 spiro atoms. The summed E-state index contributed by atoms with van der Waals surface area (Å²) in [7, 11) is 2.83. The van der Waals surface area contributed by atoms with Crippen molar-refractivity contribution in [2.24, 2.45) is 5.41 Å². The molecule has 9 nitrogen and oxygen atoms in total. The first-order chi connectivity index (χ1) is 13.9. The highest BCUT2D eigenvalue weighted by atomic mass is 35.5. The van der Waals surface area contributed by atoms with E-state index in [2.05, 4.69) is 20.8 Å². The van der Waals surface area contributed by atoms with E-state index in [0.717, 1.165) is 0 Å². The van der Waals surface area contributed by atoms with Crippen LogP contribution >= 0.6 is 11.6 Å². The van der Waals surface area contributed by atoms with Crippen LogP contribution in [0.1, 0.15) is 35.7 Å². The van der Waals surface area contributed by atoms with Crippen LogP contribution in [0.3, 0.4) is 0 Å². The second-order valence-corrected chi connectivity index (χ2v) is 7.40. The third kappa shape index (κ3) is 4.58. The van der Waals surface area contributed by atoms with Crippen molar-refractivity contribution >= 4 is 40.3 Å². The van der Waals surface area contributed by atoms with E-state index in [-0.39, 0.29) is 23.5 Å². The van der Waals surface area contributed by atoms with Gasteiger partial charge in [0.15, 0.2) is 11.0 Å². The lowest BCUT2D eigenvalue weighted by atomic mass is 9.82. The molecule has 1 aliphatic heterocycles. The van der Waals surface area contributed by atoms with Gasteiger partial charge < -0.3 is 14.2 Å². The second-order valence-electron chi connectivity index (χ2n) is 7.04. The number of nitrogens with zero attached hydrogens (tertiary/aromatic N) is 2. The minimum atomic E-state index is -0.525. The fraction of sp³-hybridized carbons (Fsp3) is 0.474. The number of aromatic nitrogens is 2. The SMILES string of the molecule is COCc1cc2nc(NNC(=O)C3(C)CCOCC3)c(Cl)nc2cc1C(=O)OC. The van der Waals surface area contributed by atoms with Gasteiger partial charge in [0.25, 0.3) is 0 Å². The largest absolute Gasteiger partial charge is 0.465 e. The maximum Gasteiger partial charge on any atom is 0.338 e. The Morgan fingerprint density at radius 1 is 1.21 bits per heavy atom. The number of benzene rings is 1. The van der Waals surface area contributed by atoms with Crippen molar-refractivity contribution in [2.75, 3.05) is 32.9 Å². The van der Waals surface area contributed by atoms with E-state index in [1.807, 2.05) is 6.92 Å². The number of hydrogen-bond acceptors (Lipinski definition) is 8. The van der Waals surface area contributed by atoms with Crippen LogP contribution in [0.4, 0.5) is 5.82 Å². The highest BCUT2D eigenvalue weighted by molar-refractivity contribution is 6.32. The number of fused-ring (bicyclic) bond motifs is 1. The van der Waals surface area contributed by atoms with Gasteiger partial charge in [-0.05, 0) is 30.5 Å². The number of hydrogen-bond donors (Lipinski definition) is 2. The van der Waals surface area contributed by atoms with Gasteiger partial charge in [0.2, 0.25) is 5.91 Å². The van der Waals surface area contributed by atoms with Crippen LogP contribution < -0.4 is 10.9 Å². The molecule has 10 heteroatoms. The van der Waals surface area contributed by atoms with Crippen LogP contribution in [0.15, 0.2) is 12.1 Å².